The minimum atomic E-state index is 0.608. The summed E-state index contributed by atoms with van der Waals surface area (Å²) in [4.78, 5) is 12.7. The first-order chi connectivity index (χ1) is 11.7. The predicted octanol–water partition coefficient (Wildman–Crippen LogP) is 0.258. The summed E-state index contributed by atoms with van der Waals surface area (Å²) in [7, 11) is 2.22. The molecule has 1 aliphatic heterocycles. The van der Waals surface area contributed by atoms with E-state index in [1.165, 1.54) is 0 Å². The Morgan fingerprint density at radius 2 is 1.88 bits per heavy atom. The van der Waals surface area contributed by atoms with Gasteiger partial charge in [0.2, 0.25) is 0 Å². The van der Waals surface area contributed by atoms with Gasteiger partial charge in [0.1, 0.15) is 6.33 Å². The summed E-state index contributed by atoms with van der Waals surface area (Å²) in [6, 6.07) is 7.73. The van der Waals surface area contributed by atoms with Crippen LogP contribution in [0.25, 0.3) is 11.2 Å². The van der Waals surface area contributed by atoms with Crippen LogP contribution in [0, 0.1) is 0 Å². The van der Waals surface area contributed by atoms with E-state index in [4.69, 9.17) is 11.6 Å². The van der Waals surface area contributed by atoms with Crippen LogP contribution in [0.15, 0.2) is 30.6 Å². The first-order valence-electron chi connectivity index (χ1n) is 8.05. The van der Waals surface area contributed by atoms with Gasteiger partial charge in [-0.15, -0.1) is 5.10 Å². The van der Waals surface area contributed by atoms with Gasteiger partial charge in [-0.1, -0.05) is 28.9 Å². The van der Waals surface area contributed by atoms with E-state index in [1.54, 1.807) is 11.2 Å². The third-order valence-electron chi connectivity index (χ3n) is 4.44. The molecule has 1 saturated heterocycles. The molecule has 0 amide bonds. The fourth-order valence-electron chi connectivity index (χ4n) is 2.98. The van der Waals surface area contributed by atoms with Crippen molar-refractivity contribution in [3.05, 3.63) is 41.2 Å². The van der Waals surface area contributed by atoms with Gasteiger partial charge in [-0.25, -0.2) is 14.6 Å². The van der Waals surface area contributed by atoms with Crippen LogP contribution in [0.3, 0.4) is 0 Å². The maximum absolute atomic E-state index is 5.94. The van der Waals surface area contributed by atoms with E-state index in [1.807, 2.05) is 28.9 Å². The smallest absolute Gasteiger partial charge is 0.184 e. The molecule has 7 nitrogen and oxygen atoms in total. The average molecular weight is 345 g/mol. The van der Waals surface area contributed by atoms with Crippen LogP contribution in [0.5, 0.6) is 0 Å². The SMILES string of the molecule is C[NH+]1CCN(c2ncnc3c2nnn3Cc2ccc(Cl)cc2)CC1. The number of nitrogens with zero attached hydrogens (tertiary/aromatic N) is 6. The van der Waals surface area contributed by atoms with Crippen molar-refractivity contribution >= 4 is 28.6 Å². The normalized spacial score (nSPS) is 16.0. The topological polar surface area (TPSA) is 64.2 Å². The van der Waals surface area contributed by atoms with Crippen LogP contribution in [-0.4, -0.2) is 58.2 Å². The molecule has 0 radical (unpaired) electrons. The Bertz CT molecular complexity index is 837. The zero-order valence-electron chi connectivity index (χ0n) is 13.5. The van der Waals surface area contributed by atoms with Gasteiger partial charge in [-0.2, -0.15) is 0 Å². The van der Waals surface area contributed by atoms with Crippen molar-refractivity contribution in [3.8, 4) is 0 Å². The van der Waals surface area contributed by atoms with Crippen molar-refractivity contribution in [3.63, 3.8) is 0 Å². The largest absolute Gasteiger partial charge is 0.343 e. The molecular weight excluding hydrogens is 326 g/mol. The van der Waals surface area contributed by atoms with Gasteiger partial charge < -0.3 is 9.80 Å². The monoisotopic (exact) mass is 344 g/mol. The summed E-state index contributed by atoms with van der Waals surface area (Å²) in [6.45, 7) is 4.76. The summed E-state index contributed by atoms with van der Waals surface area (Å²) in [5.74, 6) is 0.884. The highest BCUT2D eigenvalue weighted by Gasteiger charge is 2.22. The molecule has 0 aliphatic carbocycles. The molecular formula is C16H19ClN7+. The van der Waals surface area contributed by atoms with E-state index >= 15 is 0 Å². The molecule has 1 fully saturated rings. The number of rotatable bonds is 3. The summed E-state index contributed by atoms with van der Waals surface area (Å²) in [5, 5.41) is 9.35. The molecule has 1 aliphatic rings. The molecule has 2 aromatic heterocycles. The number of halogens is 1. The Labute approximate surface area is 144 Å². The fourth-order valence-corrected chi connectivity index (χ4v) is 3.11. The minimum absolute atomic E-state index is 0.608. The number of aromatic nitrogens is 5. The molecule has 0 atom stereocenters. The van der Waals surface area contributed by atoms with Crippen molar-refractivity contribution < 1.29 is 4.90 Å². The zero-order valence-corrected chi connectivity index (χ0v) is 14.2. The van der Waals surface area contributed by atoms with Gasteiger partial charge in [0.15, 0.2) is 17.0 Å². The van der Waals surface area contributed by atoms with Crippen LogP contribution in [-0.2, 0) is 6.54 Å². The first-order valence-corrected chi connectivity index (χ1v) is 8.43. The molecule has 1 aromatic carbocycles. The molecule has 8 heteroatoms. The standard InChI is InChI=1S/C16H18ClN7/c1-22-6-8-23(9-7-22)15-14-16(19-11-18-15)24(21-20-14)10-12-2-4-13(17)5-3-12/h2-5,11H,6-10H2,1H3/p+1. The minimum Gasteiger partial charge on any atom is -0.343 e. The summed E-state index contributed by atoms with van der Waals surface area (Å²) in [5.41, 5.74) is 2.64. The summed E-state index contributed by atoms with van der Waals surface area (Å²) < 4.78 is 1.81. The van der Waals surface area contributed by atoms with Crippen LogP contribution in [0.4, 0.5) is 5.82 Å². The Balaban J connectivity index is 1.65. The molecule has 0 spiro atoms. The molecule has 0 bridgehead atoms. The lowest BCUT2D eigenvalue weighted by Crippen LogP contribution is -3.12. The molecule has 3 aromatic rings. The molecule has 3 heterocycles. The fraction of sp³-hybridized carbons (Fsp3) is 0.375. The lowest BCUT2D eigenvalue weighted by atomic mass is 10.2. The Morgan fingerprint density at radius 3 is 2.62 bits per heavy atom. The van der Waals surface area contributed by atoms with E-state index in [-0.39, 0.29) is 0 Å². The number of benzene rings is 1. The van der Waals surface area contributed by atoms with E-state index in [0.29, 0.717) is 6.54 Å². The van der Waals surface area contributed by atoms with Gasteiger partial charge in [0.25, 0.3) is 0 Å². The summed E-state index contributed by atoms with van der Waals surface area (Å²) in [6.07, 6.45) is 1.60. The molecule has 1 N–H and O–H groups in total. The molecule has 124 valence electrons. The molecule has 0 saturated carbocycles. The van der Waals surface area contributed by atoms with Crippen molar-refractivity contribution in [2.45, 2.75) is 6.54 Å². The number of hydrogen-bond donors (Lipinski definition) is 1. The van der Waals surface area contributed by atoms with Crippen LogP contribution in [0.1, 0.15) is 5.56 Å². The number of likely N-dealkylation sites (N-methyl/N-ethyl adjacent to an activating group) is 1. The van der Waals surface area contributed by atoms with E-state index in [0.717, 1.165) is 53.7 Å². The third kappa shape index (κ3) is 2.92. The highest BCUT2D eigenvalue weighted by molar-refractivity contribution is 6.30. The Kier molecular flexibility index (Phi) is 4.03. The van der Waals surface area contributed by atoms with Gasteiger partial charge in [0.05, 0.1) is 39.8 Å². The highest BCUT2D eigenvalue weighted by atomic mass is 35.5. The van der Waals surface area contributed by atoms with Gasteiger partial charge in [0, 0.05) is 5.02 Å². The van der Waals surface area contributed by atoms with Crippen LogP contribution >= 0.6 is 11.6 Å². The number of quaternary nitrogens is 1. The van der Waals surface area contributed by atoms with Gasteiger partial charge in [-0.05, 0) is 17.7 Å². The van der Waals surface area contributed by atoms with E-state index in [9.17, 15) is 0 Å². The van der Waals surface area contributed by atoms with Crippen LogP contribution in [0.2, 0.25) is 5.02 Å². The maximum Gasteiger partial charge on any atom is 0.184 e. The maximum atomic E-state index is 5.94. The number of hydrogen-bond acceptors (Lipinski definition) is 5. The second-order valence-corrected chi connectivity index (χ2v) is 6.62. The van der Waals surface area contributed by atoms with Crippen molar-refractivity contribution in [2.75, 3.05) is 38.1 Å². The van der Waals surface area contributed by atoms with Crippen LogP contribution < -0.4 is 9.80 Å². The lowest BCUT2D eigenvalue weighted by molar-refractivity contribution is -0.880. The zero-order chi connectivity index (χ0) is 16.5. The van der Waals surface area contributed by atoms with E-state index < -0.39 is 0 Å². The Morgan fingerprint density at radius 1 is 1.12 bits per heavy atom. The lowest BCUT2D eigenvalue weighted by Gasteiger charge is -2.30. The number of anilines is 1. The summed E-state index contributed by atoms with van der Waals surface area (Å²) >= 11 is 5.94. The molecule has 0 unspecified atom stereocenters. The first kappa shape index (κ1) is 15.3. The second kappa shape index (κ2) is 6.33. The molecule has 4 rings (SSSR count). The average Bonchev–Trinajstić information content (AvgIpc) is 3.01. The number of fused-ring (bicyclic) bond motifs is 1. The van der Waals surface area contributed by atoms with Crippen molar-refractivity contribution in [1.82, 2.24) is 25.0 Å². The van der Waals surface area contributed by atoms with Crippen molar-refractivity contribution in [2.24, 2.45) is 0 Å². The predicted molar refractivity (Wildman–Crippen MR) is 92.5 cm³/mol. The Hall–Kier alpha value is -2.25. The highest BCUT2D eigenvalue weighted by Crippen LogP contribution is 2.21. The number of piperazine rings is 1. The van der Waals surface area contributed by atoms with Gasteiger partial charge in [-0.3, -0.25) is 0 Å². The van der Waals surface area contributed by atoms with Gasteiger partial charge >= 0.3 is 0 Å². The van der Waals surface area contributed by atoms with E-state index in [2.05, 4.69) is 32.2 Å². The third-order valence-corrected chi connectivity index (χ3v) is 4.69. The molecule has 24 heavy (non-hydrogen) atoms. The second-order valence-electron chi connectivity index (χ2n) is 6.19. The van der Waals surface area contributed by atoms with Crippen molar-refractivity contribution in [1.29, 1.82) is 0 Å². The number of nitrogens with one attached hydrogen (secondary N) is 1. The quantitative estimate of drug-likeness (QED) is 0.738.